The Labute approximate surface area is 67.5 Å². The predicted octanol–water partition coefficient (Wildman–Crippen LogP) is 2.50. The Balaban J connectivity index is 2.30. The summed E-state index contributed by atoms with van der Waals surface area (Å²) in [5.41, 5.74) is 2.98. The molecule has 1 heteroatoms. The fourth-order valence-electron chi connectivity index (χ4n) is 1.64. The molecule has 1 aliphatic carbocycles. The number of hydrogen-bond donors (Lipinski definition) is 0. The average Bonchev–Trinajstić information content (AvgIpc) is 2.38. The first-order valence-corrected chi connectivity index (χ1v) is 4.29. The van der Waals surface area contributed by atoms with E-state index in [1.165, 1.54) is 30.4 Å². The maximum Gasteiger partial charge on any atom is 0.0654 e. The second-order valence-corrected chi connectivity index (χ2v) is 3.28. The highest BCUT2D eigenvalue weighted by Crippen LogP contribution is 2.27. The topological polar surface area (TPSA) is 12.4 Å². The summed E-state index contributed by atoms with van der Waals surface area (Å²) in [6.45, 7) is 2.12. The molecule has 0 spiro atoms. The van der Waals surface area contributed by atoms with Crippen molar-refractivity contribution < 1.29 is 0 Å². The van der Waals surface area contributed by atoms with Gasteiger partial charge in [-0.1, -0.05) is 12.2 Å². The van der Waals surface area contributed by atoms with Gasteiger partial charge in [0.15, 0.2) is 0 Å². The third kappa shape index (κ3) is 1.28. The molecule has 1 atom stereocenters. The van der Waals surface area contributed by atoms with Crippen LogP contribution in [-0.4, -0.2) is 12.3 Å². The van der Waals surface area contributed by atoms with Gasteiger partial charge in [-0.2, -0.15) is 0 Å². The Morgan fingerprint density at radius 3 is 3.09 bits per heavy atom. The lowest BCUT2D eigenvalue weighted by Gasteiger charge is -1.94. The zero-order valence-electron chi connectivity index (χ0n) is 6.88. The van der Waals surface area contributed by atoms with E-state index in [4.69, 9.17) is 0 Å². The lowest BCUT2D eigenvalue weighted by atomic mass is 10.1. The van der Waals surface area contributed by atoms with Crippen molar-refractivity contribution in [3.05, 3.63) is 23.3 Å². The molecule has 0 aromatic heterocycles. The molecule has 0 radical (unpaired) electrons. The van der Waals surface area contributed by atoms with Crippen molar-refractivity contribution in [1.82, 2.24) is 0 Å². The van der Waals surface area contributed by atoms with Gasteiger partial charge < -0.3 is 0 Å². The fraction of sp³-hybridized carbons (Fsp3) is 0.500. The maximum absolute atomic E-state index is 4.40. The second kappa shape index (κ2) is 2.65. The summed E-state index contributed by atoms with van der Waals surface area (Å²) in [4.78, 5) is 4.40. The highest BCUT2D eigenvalue weighted by Gasteiger charge is 2.12. The van der Waals surface area contributed by atoms with Crippen LogP contribution < -0.4 is 0 Å². The normalized spacial score (nSPS) is 29.0. The molecule has 0 N–H and O–H groups in total. The van der Waals surface area contributed by atoms with Gasteiger partial charge >= 0.3 is 0 Å². The summed E-state index contributed by atoms with van der Waals surface area (Å²) in [7, 11) is 0. The van der Waals surface area contributed by atoms with Crippen LogP contribution in [0.2, 0.25) is 0 Å². The molecule has 1 unspecified atom stereocenters. The molecule has 0 fully saturated rings. The third-order valence-electron chi connectivity index (χ3n) is 2.35. The predicted molar refractivity (Wildman–Crippen MR) is 48.0 cm³/mol. The molecule has 0 amide bonds. The van der Waals surface area contributed by atoms with Gasteiger partial charge in [0, 0.05) is 6.21 Å². The largest absolute Gasteiger partial charge is 0.286 e. The minimum Gasteiger partial charge on any atom is -0.286 e. The molecular formula is C10H13N. The van der Waals surface area contributed by atoms with Gasteiger partial charge in [0.1, 0.15) is 0 Å². The summed E-state index contributed by atoms with van der Waals surface area (Å²) in [5.74, 6) is 0. The number of aliphatic imine (C=N–C) groups is 1. The van der Waals surface area contributed by atoms with Crippen molar-refractivity contribution in [1.29, 1.82) is 0 Å². The maximum atomic E-state index is 4.40. The Morgan fingerprint density at radius 1 is 1.36 bits per heavy atom. The van der Waals surface area contributed by atoms with Crippen molar-refractivity contribution in [2.75, 3.05) is 0 Å². The lowest BCUT2D eigenvalue weighted by Crippen LogP contribution is -1.90. The minimum absolute atomic E-state index is 0.376. The SMILES string of the molecule is CC1C=CC2=C(C=N1)CCC2. The molecular weight excluding hydrogens is 134 g/mol. The fourth-order valence-corrected chi connectivity index (χ4v) is 1.64. The van der Waals surface area contributed by atoms with Crippen LogP contribution in [0, 0.1) is 0 Å². The minimum atomic E-state index is 0.376. The van der Waals surface area contributed by atoms with Gasteiger partial charge in [0.25, 0.3) is 0 Å². The monoisotopic (exact) mass is 147 g/mol. The van der Waals surface area contributed by atoms with Crippen LogP contribution in [0.5, 0.6) is 0 Å². The molecule has 2 rings (SSSR count). The zero-order chi connectivity index (χ0) is 7.68. The second-order valence-electron chi connectivity index (χ2n) is 3.28. The van der Waals surface area contributed by atoms with Crippen molar-refractivity contribution in [2.24, 2.45) is 4.99 Å². The van der Waals surface area contributed by atoms with Crippen LogP contribution in [0.4, 0.5) is 0 Å². The van der Waals surface area contributed by atoms with Gasteiger partial charge in [-0.05, 0) is 37.3 Å². The first-order valence-electron chi connectivity index (χ1n) is 4.29. The Kier molecular flexibility index (Phi) is 1.65. The summed E-state index contributed by atoms with van der Waals surface area (Å²) in [6.07, 6.45) is 10.3. The smallest absolute Gasteiger partial charge is 0.0654 e. The van der Waals surface area contributed by atoms with E-state index in [-0.39, 0.29) is 0 Å². The number of rotatable bonds is 0. The van der Waals surface area contributed by atoms with Crippen LogP contribution in [0.3, 0.4) is 0 Å². The molecule has 1 aliphatic heterocycles. The highest BCUT2D eigenvalue weighted by atomic mass is 14.7. The summed E-state index contributed by atoms with van der Waals surface area (Å²) >= 11 is 0. The van der Waals surface area contributed by atoms with E-state index in [1.807, 2.05) is 0 Å². The molecule has 2 aliphatic rings. The molecule has 0 aromatic carbocycles. The molecule has 1 heterocycles. The summed E-state index contributed by atoms with van der Waals surface area (Å²) in [6, 6.07) is 0.376. The Hall–Kier alpha value is -0.850. The lowest BCUT2D eigenvalue weighted by molar-refractivity contribution is 0.893. The van der Waals surface area contributed by atoms with Crippen LogP contribution >= 0.6 is 0 Å². The van der Waals surface area contributed by atoms with Gasteiger partial charge in [0.05, 0.1) is 6.04 Å². The molecule has 58 valence electrons. The standard InChI is InChI=1S/C10H13N/c1-8-5-6-9-3-2-4-10(9)7-11-8/h5-8H,2-4H2,1H3. The third-order valence-corrected chi connectivity index (χ3v) is 2.35. The van der Waals surface area contributed by atoms with Crippen molar-refractivity contribution in [3.63, 3.8) is 0 Å². The van der Waals surface area contributed by atoms with E-state index in [9.17, 15) is 0 Å². The Bertz CT molecular complexity index is 222. The molecule has 0 aromatic rings. The summed E-state index contributed by atoms with van der Waals surface area (Å²) in [5, 5.41) is 0. The van der Waals surface area contributed by atoms with Gasteiger partial charge in [-0.25, -0.2) is 0 Å². The number of allylic oxidation sites excluding steroid dienone is 3. The van der Waals surface area contributed by atoms with Crippen molar-refractivity contribution in [2.45, 2.75) is 32.2 Å². The molecule has 11 heavy (non-hydrogen) atoms. The quantitative estimate of drug-likeness (QED) is 0.499. The van der Waals surface area contributed by atoms with Crippen LogP contribution in [0.1, 0.15) is 26.2 Å². The summed E-state index contributed by atoms with van der Waals surface area (Å²) < 4.78 is 0. The van der Waals surface area contributed by atoms with Gasteiger partial charge in [-0.3, -0.25) is 4.99 Å². The molecule has 0 saturated carbocycles. The molecule has 1 nitrogen and oxygen atoms in total. The van der Waals surface area contributed by atoms with E-state index in [2.05, 4.69) is 30.3 Å². The van der Waals surface area contributed by atoms with E-state index in [0.717, 1.165) is 0 Å². The average molecular weight is 147 g/mol. The Morgan fingerprint density at radius 2 is 2.18 bits per heavy atom. The van der Waals surface area contributed by atoms with E-state index in [1.54, 1.807) is 0 Å². The highest BCUT2D eigenvalue weighted by molar-refractivity contribution is 5.82. The number of hydrogen-bond acceptors (Lipinski definition) is 1. The van der Waals surface area contributed by atoms with Crippen LogP contribution in [0.15, 0.2) is 28.3 Å². The van der Waals surface area contributed by atoms with Crippen molar-refractivity contribution in [3.8, 4) is 0 Å². The van der Waals surface area contributed by atoms with Gasteiger partial charge in [-0.15, -0.1) is 0 Å². The van der Waals surface area contributed by atoms with Gasteiger partial charge in [0.2, 0.25) is 0 Å². The van der Waals surface area contributed by atoms with Crippen molar-refractivity contribution >= 4 is 6.21 Å². The molecule has 0 saturated heterocycles. The van der Waals surface area contributed by atoms with E-state index < -0.39 is 0 Å². The first kappa shape index (κ1) is 6.84. The van der Waals surface area contributed by atoms with Crippen LogP contribution in [-0.2, 0) is 0 Å². The van der Waals surface area contributed by atoms with E-state index in [0.29, 0.717) is 6.04 Å². The first-order chi connectivity index (χ1) is 5.36. The van der Waals surface area contributed by atoms with Crippen LogP contribution in [0.25, 0.3) is 0 Å². The molecule has 0 bridgehead atoms. The zero-order valence-corrected chi connectivity index (χ0v) is 6.88. The van der Waals surface area contributed by atoms with E-state index >= 15 is 0 Å². The number of nitrogens with zero attached hydrogens (tertiary/aromatic N) is 1.